The van der Waals surface area contributed by atoms with Crippen molar-refractivity contribution in [3.8, 4) is 0 Å². The van der Waals surface area contributed by atoms with Crippen molar-refractivity contribution < 1.29 is 19.0 Å². The van der Waals surface area contributed by atoms with Crippen molar-refractivity contribution in [2.75, 3.05) is 13.9 Å². The summed E-state index contributed by atoms with van der Waals surface area (Å²) >= 11 is 0. The molecule has 90 valence electrons. The lowest BCUT2D eigenvalue weighted by Crippen LogP contribution is -2.18. The third kappa shape index (κ3) is 5.09. The second-order valence-electron chi connectivity index (χ2n) is 3.68. The first-order valence-corrected chi connectivity index (χ1v) is 5.38. The van der Waals surface area contributed by atoms with Crippen LogP contribution in [0.4, 0.5) is 0 Å². The van der Waals surface area contributed by atoms with E-state index in [4.69, 9.17) is 14.2 Å². The first-order valence-electron chi connectivity index (χ1n) is 5.38. The van der Waals surface area contributed by atoms with E-state index in [9.17, 15) is 4.79 Å². The highest BCUT2D eigenvalue weighted by Gasteiger charge is 2.12. The molecule has 0 saturated heterocycles. The molecule has 2 atom stereocenters. The number of methoxy groups -OCH3 is 1. The average Bonchev–Trinajstić information content (AvgIpc) is 2.26. The van der Waals surface area contributed by atoms with Crippen molar-refractivity contribution in [1.82, 2.24) is 0 Å². The minimum Gasteiger partial charge on any atom is -0.460 e. The van der Waals surface area contributed by atoms with E-state index in [1.807, 2.05) is 13.0 Å². The maximum Gasteiger partial charge on any atom is 0.331 e. The highest BCUT2D eigenvalue weighted by atomic mass is 16.7. The van der Waals surface area contributed by atoms with E-state index in [0.717, 1.165) is 12.8 Å². The number of allylic oxidation sites excluding steroid dienone is 2. The van der Waals surface area contributed by atoms with Crippen LogP contribution in [0.1, 0.15) is 19.8 Å². The van der Waals surface area contributed by atoms with E-state index in [2.05, 4.69) is 0 Å². The summed E-state index contributed by atoms with van der Waals surface area (Å²) in [5, 5.41) is 0. The number of ether oxygens (including phenoxy) is 3. The Bertz CT molecular complexity index is 270. The van der Waals surface area contributed by atoms with Gasteiger partial charge in [0.1, 0.15) is 6.79 Å². The van der Waals surface area contributed by atoms with Crippen LogP contribution in [0.15, 0.2) is 24.3 Å². The normalized spacial score (nSPS) is 26.5. The van der Waals surface area contributed by atoms with Crippen molar-refractivity contribution >= 4 is 5.97 Å². The monoisotopic (exact) mass is 226 g/mol. The fourth-order valence-electron chi connectivity index (χ4n) is 1.41. The Morgan fingerprint density at radius 1 is 1.44 bits per heavy atom. The highest BCUT2D eigenvalue weighted by Crippen LogP contribution is 2.11. The van der Waals surface area contributed by atoms with Gasteiger partial charge in [0.05, 0.1) is 12.2 Å². The quantitative estimate of drug-likeness (QED) is 0.544. The van der Waals surface area contributed by atoms with Gasteiger partial charge in [-0.25, -0.2) is 4.79 Å². The number of esters is 1. The SMILES string of the molecule is COCO[C@H]1C=CC=CC(=O)O[C@H](C)CC1. The maximum absolute atomic E-state index is 11.2. The zero-order chi connectivity index (χ0) is 11.8. The first kappa shape index (κ1) is 12.9. The molecule has 0 unspecified atom stereocenters. The molecule has 0 aromatic carbocycles. The summed E-state index contributed by atoms with van der Waals surface area (Å²) in [6, 6.07) is 0. The van der Waals surface area contributed by atoms with E-state index < -0.39 is 0 Å². The first-order chi connectivity index (χ1) is 7.72. The van der Waals surface area contributed by atoms with Gasteiger partial charge in [-0.3, -0.25) is 0 Å². The minimum atomic E-state index is -0.298. The Kier molecular flexibility index (Phi) is 5.82. The van der Waals surface area contributed by atoms with Crippen molar-refractivity contribution in [2.45, 2.75) is 32.0 Å². The van der Waals surface area contributed by atoms with Crippen LogP contribution in [0.3, 0.4) is 0 Å². The smallest absolute Gasteiger partial charge is 0.331 e. The number of carbonyl (C=O) groups is 1. The van der Waals surface area contributed by atoms with Crippen molar-refractivity contribution in [3.63, 3.8) is 0 Å². The van der Waals surface area contributed by atoms with Crippen LogP contribution < -0.4 is 0 Å². The molecular formula is C12H18O4. The van der Waals surface area contributed by atoms with Crippen LogP contribution >= 0.6 is 0 Å². The van der Waals surface area contributed by atoms with E-state index in [-0.39, 0.29) is 25.0 Å². The summed E-state index contributed by atoms with van der Waals surface area (Å²) < 4.78 is 15.4. The summed E-state index contributed by atoms with van der Waals surface area (Å²) in [6.07, 6.45) is 8.27. The van der Waals surface area contributed by atoms with Crippen LogP contribution in [0.2, 0.25) is 0 Å². The topological polar surface area (TPSA) is 44.8 Å². The van der Waals surface area contributed by atoms with Crippen LogP contribution in [-0.2, 0) is 19.0 Å². The Balaban J connectivity index is 2.55. The van der Waals surface area contributed by atoms with Crippen molar-refractivity contribution in [2.24, 2.45) is 0 Å². The van der Waals surface area contributed by atoms with Gasteiger partial charge in [0, 0.05) is 13.2 Å². The van der Waals surface area contributed by atoms with Gasteiger partial charge in [-0.2, -0.15) is 0 Å². The number of rotatable bonds is 3. The zero-order valence-corrected chi connectivity index (χ0v) is 9.72. The third-order valence-corrected chi connectivity index (χ3v) is 2.24. The molecule has 1 heterocycles. The summed E-state index contributed by atoms with van der Waals surface area (Å²) in [4.78, 5) is 11.2. The number of cyclic esters (lactones) is 1. The lowest BCUT2D eigenvalue weighted by Gasteiger charge is -2.17. The largest absolute Gasteiger partial charge is 0.460 e. The number of hydrogen-bond acceptors (Lipinski definition) is 4. The average molecular weight is 226 g/mol. The zero-order valence-electron chi connectivity index (χ0n) is 9.72. The van der Waals surface area contributed by atoms with Gasteiger partial charge in [0.15, 0.2) is 0 Å². The van der Waals surface area contributed by atoms with Crippen LogP contribution in [0, 0.1) is 0 Å². The molecule has 1 rings (SSSR count). The molecule has 0 aliphatic carbocycles. The molecule has 0 fully saturated rings. The molecule has 1 aliphatic heterocycles. The van der Waals surface area contributed by atoms with E-state index >= 15 is 0 Å². The van der Waals surface area contributed by atoms with Crippen molar-refractivity contribution in [1.29, 1.82) is 0 Å². The highest BCUT2D eigenvalue weighted by molar-refractivity contribution is 5.82. The Morgan fingerprint density at radius 2 is 2.25 bits per heavy atom. The second-order valence-corrected chi connectivity index (χ2v) is 3.68. The molecule has 1 aliphatic rings. The lowest BCUT2D eigenvalue weighted by atomic mass is 10.1. The molecule has 4 heteroatoms. The number of hydrogen-bond donors (Lipinski definition) is 0. The predicted molar refractivity (Wildman–Crippen MR) is 59.8 cm³/mol. The van der Waals surface area contributed by atoms with Gasteiger partial charge in [0.25, 0.3) is 0 Å². The van der Waals surface area contributed by atoms with Gasteiger partial charge < -0.3 is 14.2 Å². The molecule has 0 saturated carbocycles. The molecule has 0 N–H and O–H groups in total. The molecule has 0 amide bonds. The van der Waals surface area contributed by atoms with Gasteiger partial charge in [0.2, 0.25) is 0 Å². The van der Waals surface area contributed by atoms with Crippen LogP contribution in [-0.4, -0.2) is 32.1 Å². The van der Waals surface area contributed by atoms with Gasteiger partial charge >= 0.3 is 5.97 Å². The number of carbonyl (C=O) groups excluding carboxylic acids is 1. The van der Waals surface area contributed by atoms with Gasteiger partial charge in [-0.1, -0.05) is 18.2 Å². The van der Waals surface area contributed by atoms with E-state index in [0.29, 0.717) is 0 Å². The Hall–Kier alpha value is -1.13. The van der Waals surface area contributed by atoms with Crippen LogP contribution in [0.5, 0.6) is 0 Å². The van der Waals surface area contributed by atoms with E-state index in [1.54, 1.807) is 19.3 Å². The molecule has 0 spiro atoms. The molecule has 4 nitrogen and oxygen atoms in total. The summed E-state index contributed by atoms with van der Waals surface area (Å²) in [5.41, 5.74) is 0. The fourth-order valence-corrected chi connectivity index (χ4v) is 1.41. The molecular weight excluding hydrogens is 208 g/mol. The molecule has 16 heavy (non-hydrogen) atoms. The molecule has 0 aromatic heterocycles. The lowest BCUT2D eigenvalue weighted by molar-refractivity contribution is -0.143. The fraction of sp³-hybridized carbons (Fsp3) is 0.583. The van der Waals surface area contributed by atoms with Crippen LogP contribution in [0.25, 0.3) is 0 Å². The summed E-state index contributed by atoms with van der Waals surface area (Å²) in [7, 11) is 1.59. The van der Waals surface area contributed by atoms with Crippen molar-refractivity contribution in [3.05, 3.63) is 24.3 Å². The van der Waals surface area contributed by atoms with Gasteiger partial charge in [-0.05, 0) is 19.8 Å². The molecule has 0 radical (unpaired) electrons. The maximum atomic E-state index is 11.2. The van der Waals surface area contributed by atoms with Gasteiger partial charge in [-0.15, -0.1) is 0 Å². The second kappa shape index (κ2) is 7.19. The Morgan fingerprint density at radius 3 is 3.00 bits per heavy atom. The van der Waals surface area contributed by atoms with E-state index in [1.165, 1.54) is 6.08 Å². The molecule has 0 aromatic rings. The summed E-state index contributed by atoms with van der Waals surface area (Å²) in [6.45, 7) is 2.15. The molecule has 0 bridgehead atoms. The minimum absolute atomic E-state index is 0.00357. The summed E-state index contributed by atoms with van der Waals surface area (Å²) in [5.74, 6) is -0.298. The standard InChI is InChI=1S/C12H18O4/c1-10-7-8-11(15-9-14-2)5-3-4-6-12(13)16-10/h3-6,10-11H,7-9H2,1-2H3/t10-,11+/m1/s1. The predicted octanol–water partition coefficient (Wildman–Crippen LogP) is 1.81. The third-order valence-electron chi connectivity index (χ3n) is 2.24. The Labute approximate surface area is 95.9 Å².